The van der Waals surface area contributed by atoms with Crippen molar-refractivity contribution in [3.05, 3.63) is 36.0 Å². The normalized spacial score (nSPS) is 23.7. The number of esters is 1. The van der Waals surface area contributed by atoms with Gasteiger partial charge in [-0.15, -0.1) is 11.3 Å². The summed E-state index contributed by atoms with van der Waals surface area (Å²) in [5.41, 5.74) is -0.284. The molecule has 0 bridgehead atoms. The Labute approximate surface area is 240 Å². The fraction of sp³-hybridized carbons (Fsp3) is 0.600. The van der Waals surface area contributed by atoms with Gasteiger partial charge in [-0.3, -0.25) is 24.8 Å². The number of thiophene rings is 1. The molecule has 5 rings (SSSR count). The second-order valence-electron chi connectivity index (χ2n) is 12.9. The molecule has 1 unspecified atom stereocenters. The summed E-state index contributed by atoms with van der Waals surface area (Å²) in [7, 11) is 0. The fourth-order valence-electron chi connectivity index (χ4n) is 6.35. The Morgan fingerprint density at radius 2 is 1.93 bits per heavy atom. The number of nitrogens with zero attached hydrogens (tertiary/aromatic N) is 3. The predicted molar refractivity (Wildman–Crippen MR) is 154 cm³/mol. The van der Waals surface area contributed by atoms with Crippen molar-refractivity contribution in [3.8, 4) is 10.6 Å². The van der Waals surface area contributed by atoms with E-state index in [1.165, 1.54) is 11.3 Å². The summed E-state index contributed by atoms with van der Waals surface area (Å²) in [4.78, 5) is 48.8. The van der Waals surface area contributed by atoms with E-state index >= 15 is 0 Å². The number of likely N-dealkylation sites (tertiary alicyclic amines) is 2. The second-order valence-corrected chi connectivity index (χ2v) is 14.0. The standard InChI is InChI=1S/C30H40N4O5S/c1-28(2,3)39-27(37)32-24-21(17-23(40-24)22-9-6-7-13-31-22)25(35)33-15-10-20(11-16-33)34-14-8-12-30(19-34)18-29(4,5)38-26(30)36/h6-7,9,13,17,20H,8,10-12,14-16,18-19H2,1-5H3,(H,32,37). The molecule has 1 spiro atoms. The number of hydrogen-bond acceptors (Lipinski definition) is 8. The lowest BCUT2D eigenvalue weighted by atomic mass is 9.74. The molecular formula is C30H40N4O5S. The maximum atomic E-state index is 13.8. The third kappa shape index (κ3) is 6.17. The van der Waals surface area contributed by atoms with Crippen molar-refractivity contribution >= 4 is 34.3 Å². The molecule has 0 aromatic carbocycles. The average Bonchev–Trinajstić information content (AvgIpc) is 3.40. The van der Waals surface area contributed by atoms with E-state index in [0.717, 1.165) is 55.8 Å². The summed E-state index contributed by atoms with van der Waals surface area (Å²) >= 11 is 1.32. The van der Waals surface area contributed by atoms with Gasteiger partial charge in [0.25, 0.3) is 5.91 Å². The van der Waals surface area contributed by atoms with Gasteiger partial charge in [0.2, 0.25) is 0 Å². The van der Waals surface area contributed by atoms with Crippen molar-refractivity contribution < 1.29 is 23.9 Å². The van der Waals surface area contributed by atoms with Crippen LogP contribution in [0.2, 0.25) is 0 Å². The van der Waals surface area contributed by atoms with Crippen LogP contribution in [0.15, 0.2) is 30.5 Å². The largest absolute Gasteiger partial charge is 0.459 e. The number of rotatable bonds is 4. The Morgan fingerprint density at radius 3 is 2.55 bits per heavy atom. The maximum Gasteiger partial charge on any atom is 0.412 e. The van der Waals surface area contributed by atoms with Crippen LogP contribution in [-0.2, 0) is 14.3 Å². The summed E-state index contributed by atoms with van der Waals surface area (Å²) in [5, 5.41) is 3.27. The fourth-order valence-corrected chi connectivity index (χ4v) is 7.36. The Morgan fingerprint density at radius 1 is 1.18 bits per heavy atom. The molecule has 1 N–H and O–H groups in total. The Hall–Kier alpha value is -2.98. The molecule has 216 valence electrons. The lowest BCUT2D eigenvalue weighted by Crippen LogP contribution is -2.53. The summed E-state index contributed by atoms with van der Waals surface area (Å²) in [5.74, 6) is -0.167. The molecule has 3 aliphatic rings. The molecule has 2 amide bonds. The van der Waals surface area contributed by atoms with E-state index in [1.54, 1.807) is 27.0 Å². The molecule has 2 aromatic rings. The number of amides is 2. The van der Waals surface area contributed by atoms with Crippen LogP contribution in [-0.4, -0.2) is 76.2 Å². The van der Waals surface area contributed by atoms with E-state index in [0.29, 0.717) is 29.7 Å². The number of carbonyl (C=O) groups excluding carboxylic acids is 3. The molecule has 0 aliphatic carbocycles. The Balaban J connectivity index is 1.28. The number of pyridine rings is 1. The first-order valence-corrected chi connectivity index (χ1v) is 15.0. The van der Waals surface area contributed by atoms with Crippen LogP contribution >= 0.6 is 11.3 Å². The summed E-state index contributed by atoms with van der Waals surface area (Å²) in [6.45, 7) is 12.3. The van der Waals surface area contributed by atoms with E-state index in [-0.39, 0.29) is 11.9 Å². The van der Waals surface area contributed by atoms with Gasteiger partial charge in [0.05, 0.1) is 21.5 Å². The van der Waals surface area contributed by atoms with Crippen LogP contribution in [0.5, 0.6) is 0 Å². The number of piperidine rings is 2. The van der Waals surface area contributed by atoms with Crippen LogP contribution < -0.4 is 5.32 Å². The van der Waals surface area contributed by atoms with Gasteiger partial charge in [0.1, 0.15) is 16.2 Å². The molecule has 3 saturated heterocycles. The van der Waals surface area contributed by atoms with Gasteiger partial charge in [-0.25, -0.2) is 4.79 Å². The second kappa shape index (κ2) is 10.8. The van der Waals surface area contributed by atoms with Gasteiger partial charge in [-0.05, 0) is 85.0 Å². The van der Waals surface area contributed by atoms with Crippen LogP contribution in [0.1, 0.15) is 77.1 Å². The number of cyclic esters (lactones) is 1. The number of aromatic nitrogens is 1. The first kappa shape index (κ1) is 28.5. The maximum absolute atomic E-state index is 13.8. The number of hydrogen-bond donors (Lipinski definition) is 1. The minimum Gasteiger partial charge on any atom is -0.459 e. The predicted octanol–water partition coefficient (Wildman–Crippen LogP) is 5.57. The zero-order chi connectivity index (χ0) is 28.7. The molecule has 1 atom stereocenters. The van der Waals surface area contributed by atoms with Crippen molar-refractivity contribution in [1.82, 2.24) is 14.8 Å². The van der Waals surface area contributed by atoms with E-state index in [4.69, 9.17) is 9.47 Å². The molecule has 0 radical (unpaired) electrons. The van der Waals surface area contributed by atoms with Gasteiger partial charge in [-0.1, -0.05) is 6.07 Å². The SMILES string of the molecule is CC(C)(C)OC(=O)Nc1sc(-c2ccccn2)cc1C(=O)N1CCC(N2CCCC3(C2)CC(C)(C)OC3=O)CC1. The molecule has 10 heteroatoms. The zero-order valence-corrected chi connectivity index (χ0v) is 24.9. The highest BCUT2D eigenvalue weighted by Crippen LogP contribution is 2.47. The van der Waals surface area contributed by atoms with Crippen molar-refractivity contribution in [2.75, 3.05) is 31.5 Å². The smallest absolute Gasteiger partial charge is 0.412 e. The minimum absolute atomic E-state index is 0.0546. The lowest BCUT2D eigenvalue weighted by molar-refractivity contribution is -0.154. The molecule has 2 aromatic heterocycles. The van der Waals surface area contributed by atoms with Gasteiger partial charge in [0, 0.05) is 38.3 Å². The van der Waals surface area contributed by atoms with Gasteiger partial charge in [-0.2, -0.15) is 0 Å². The summed E-state index contributed by atoms with van der Waals surface area (Å²) in [6.07, 6.45) is 5.42. The number of carbonyl (C=O) groups is 3. The van der Waals surface area contributed by atoms with Gasteiger partial charge < -0.3 is 14.4 Å². The Kier molecular flexibility index (Phi) is 7.69. The van der Waals surface area contributed by atoms with Crippen molar-refractivity contribution in [1.29, 1.82) is 0 Å². The van der Waals surface area contributed by atoms with Crippen molar-refractivity contribution in [2.45, 2.75) is 84.0 Å². The molecule has 3 fully saturated rings. The van der Waals surface area contributed by atoms with Crippen LogP contribution in [0.25, 0.3) is 10.6 Å². The van der Waals surface area contributed by atoms with E-state index in [9.17, 15) is 14.4 Å². The zero-order valence-electron chi connectivity index (χ0n) is 24.1. The lowest BCUT2D eigenvalue weighted by Gasteiger charge is -2.44. The first-order valence-electron chi connectivity index (χ1n) is 14.2. The third-order valence-corrected chi connectivity index (χ3v) is 9.01. The quantitative estimate of drug-likeness (QED) is 0.481. The molecule has 40 heavy (non-hydrogen) atoms. The van der Waals surface area contributed by atoms with Crippen LogP contribution in [0, 0.1) is 5.41 Å². The Bertz CT molecular complexity index is 1260. The average molecular weight is 569 g/mol. The van der Waals surface area contributed by atoms with Crippen molar-refractivity contribution in [3.63, 3.8) is 0 Å². The molecule has 5 heterocycles. The molecule has 0 saturated carbocycles. The molecule has 3 aliphatic heterocycles. The monoisotopic (exact) mass is 568 g/mol. The van der Waals surface area contributed by atoms with E-state index in [2.05, 4.69) is 15.2 Å². The minimum atomic E-state index is -0.658. The number of ether oxygens (including phenoxy) is 2. The highest BCUT2D eigenvalue weighted by atomic mass is 32.1. The van der Waals surface area contributed by atoms with Gasteiger partial charge in [0.15, 0.2) is 0 Å². The summed E-state index contributed by atoms with van der Waals surface area (Å²) in [6, 6.07) is 7.76. The topological polar surface area (TPSA) is 101 Å². The first-order chi connectivity index (χ1) is 18.8. The van der Waals surface area contributed by atoms with E-state index in [1.807, 2.05) is 43.0 Å². The summed E-state index contributed by atoms with van der Waals surface area (Å²) < 4.78 is 11.2. The van der Waals surface area contributed by atoms with E-state index < -0.39 is 22.7 Å². The number of nitrogens with one attached hydrogen (secondary N) is 1. The molecule has 9 nitrogen and oxygen atoms in total. The van der Waals surface area contributed by atoms with Crippen LogP contribution in [0.4, 0.5) is 9.80 Å². The van der Waals surface area contributed by atoms with Crippen LogP contribution in [0.3, 0.4) is 0 Å². The highest BCUT2D eigenvalue weighted by molar-refractivity contribution is 7.20. The highest BCUT2D eigenvalue weighted by Gasteiger charge is 2.54. The molecular weight excluding hydrogens is 528 g/mol. The van der Waals surface area contributed by atoms with Gasteiger partial charge >= 0.3 is 12.1 Å². The third-order valence-electron chi connectivity index (χ3n) is 7.93. The van der Waals surface area contributed by atoms with Crippen molar-refractivity contribution in [2.24, 2.45) is 5.41 Å². The number of anilines is 1.